The highest BCUT2D eigenvalue weighted by molar-refractivity contribution is 9.10. The average molecular weight is 526 g/mol. The number of anilines is 1. The number of rotatable bonds is 5. The van der Waals surface area contributed by atoms with Gasteiger partial charge in [0.05, 0.1) is 5.69 Å². The summed E-state index contributed by atoms with van der Waals surface area (Å²) >= 11 is 9.66. The van der Waals surface area contributed by atoms with Crippen LogP contribution < -0.4 is 15.0 Å². The van der Waals surface area contributed by atoms with Gasteiger partial charge in [-0.1, -0.05) is 63.9 Å². The van der Waals surface area contributed by atoms with Crippen LogP contribution in [-0.4, -0.2) is 17.8 Å². The fourth-order valence-electron chi connectivity index (χ4n) is 3.38. The van der Waals surface area contributed by atoms with Crippen molar-refractivity contribution in [1.82, 2.24) is 5.32 Å². The first-order valence-electron chi connectivity index (χ1n) is 9.98. The number of carbonyl (C=O) groups is 3. The highest BCUT2D eigenvalue weighted by Crippen LogP contribution is 2.30. The van der Waals surface area contributed by atoms with E-state index in [4.69, 9.17) is 16.3 Å². The highest BCUT2D eigenvalue weighted by Gasteiger charge is 2.37. The number of imide groups is 2. The highest BCUT2D eigenvalue weighted by atomic mass is 79.9. The Bertz CT molecular complexity index is 1310. The number of benzene rings is 3. The zero-order valence-electron chi connectivity index (χ0n) is 17.5. The topological polar surface area (TPSA) is 75.7 Å². The molecule has 1 N–H and O–H groups in total. The van der Waals surface area contributed by atoms with Crippen LogP contribution in [0.25, 0.3) is 6.08 Å². The third-order valence-corrected chi connectivity index (χ3v) is 6.08. The van der Waals surface area contributed by atoms with Crippen molar-refractivity contribution >= 4 is 57.1 Å². The first-order chi connectivity index (χ1) is 15.8. The number of carbonyl (C=O) groups excluding carboxylic acids is 3. The van der Waals surface area contributed by atoms with Crippen LogP contribution in [0.2, 0.25) is 5.02 Å². The zero-order valence-corrected chi connectivity index (χ0v) is 19.8. The summed E-state index contributed by atoms with van der Waals surface area (Å²) in [4.78, 5) is 39.2. The average Bonchev–Trinajstić information content (AvgIpc) is 2.78. The lowest BCUT2D eigenvalue weighted by Crippen LogP contribution is -2.54. The number of urea groups is 1. The summed E-state index contributed by atoms with van der Waals surface area (Å²) < 4.78 is 6.86. The quantitative estimate of drug-likeness (QED) is 0.345. The number of ether oxygens (including phenoxy) is 1. The first kappa shape index (κ1) is 22.8. The molecule has 3 aromatic carbocycles. The van der Waals surface area contributed by atoms with E-state index in [9.17, 15) is 14.4 Å². The van der Waals surface area contributed by atoms with E-state index in [1.165, 1.54) is 6.08 Å². The lowest BCUT2D eigenvalue weighted by molar-refractivity contribution is -0.122. The van der Waals surface area contributed by atoms with Crippen molar-refractivity contribution in [1.29, 1.82) is 0 Å². The number of barbiturate groups is 1. The molecule has 1 aliphatic heterocycles. The largest absolute Gasteiger partial charge is 0.488 e. The maximum Gasteiger partial charge on any atom is 0.335 e. The van der Waals surface area contributed by atoms with Gasteiger partial charge in [0.2, 0.25) is 0 Å². The lowest BCUT2D eigenvalue weighted by atomic mass is 10.0. The molecule has 0 unspecified atom stereocenters. The summed E-state index contributed by atoms with van der Waals surface area (Å²) in [5, 5.41) is 2.64. The molecule has 0 aliphatic carbocycles. The van der Waals surface area contributed by atoms with Gasteiger partial charge in [-0.15, -0.1) is 0 Å². The summed E-state index contributed by atoms with van der Waals surface area (Å²) in [7, 11) is 0. The number of amides is 4. The normalized spacial score (nSPS) is 15.1. The van der Waals surface area contributed by atoms with Gasteiger partial charge in [0.1, 0.15) is 17.9 Å². The number of hydrogen-bond acceptors (Lipinski definition) is 4. The molecule has 4 rings (SSSR count). The summed E-state index contributed by atoms with van der Waals surface area (Å²) in [6.07, 6.45) is 1.39. The molecule has 1 heterocycles. The van der Waals surface area contributed by atoms with Crippen LogP contribution in [0.4, 0.5) is 10.5 Å². The molecule has 1 fully saturated rings. The van der Waals surface area contributed by atoms with Crippen molar-refractivity contribution in [3.8, 4) is 5.75 Å². The van der Waals surface area contributed by atoms with Crippen molar-refractivity contribution in [3.63, 3.8) is 0 Å². The van der Waals surface area contributed by atoms with E-state index < -0.39 is 17.8 Å². The molecule has 3 aromatic rings. The number of nitrogens with zero attached hydrogens (tertiary/aromatic N) is 1. The van der Waals surface area contributed by atoms with Gasteiger partial charge in [-0.3, -0.25) is 14.9 Å². The third kappa shape index (κ3) is 4.84. The van der Waals surface area contributed by atoms with Gasteiger partial charge >= 0.3 is 6.03 Å². The molecule has 166 valence electrons. The van der Waals surface area contributed by atoms with Gasteiger partial charge in [-0.2, -0.15) is 0 Å². The summed E-state index contributed by atoms with van der Waals surface area (Å²) in [6, 6.07) is 18.7. The Balaban J connectivity index is 1.70. The Morgan fingerprint density at radius 1 is 1.03 bits per heavy atom. The molecule has 33 heavy (non-hydrogen) atoms. The molecule has 1 saturated heterocycles. The van der Waals surface area contributed by atoms with Crippen LogP contribution in [0.5, 0.6) is 5.75 Å². The molecule has 1 aliphatic rings. The maximum atomic E-state index is 13.2. The van der Waals surface area contributed by atoms with Gasteiger partial charge in [-0.25, -0.2) is 9.69 Å². The molecular formula is C25H18BrClN2O4. The van der Waals surface area contributed by atoms with Gasteiger partial charge in [0.15, 0.2) is 0 Å². The second-order valence-electron chi connectivity index (χ2n) is 7.31. The number of para-hydroxylation sites is 1. The van der Waals surface area contributed by atoms with E-state index in [0.29, 0.717) is 22.0 Å². The first-order valence-corrected chi connectivity index (χ1v) is 11.1. The van der Waals surface area contributed by atoms with E-state index in [1.807, 2.05) is 24.3 Å². The monoisotopic (exact) mass is 524 g/mol. The van der Waals surface area contributed by atoms with Gasteiger partial charge in [0.25, 0.3) is 11.8 Å². The minimum absolute atomic E-state index is 0.203. The van der Waals surface area contributed by atoms with Gasteiger partial charge < -0.3 is 4.74 Å². The molecule has 0 aromatic heterocycles. The van der Waals surface area contributed by atoms with Crippen molar-refractivity contribution in [2.75, 3.05) is 4.90 Å². The number of halogens is 2. The molecule has 6 nitrogen and oxygen atoms in total. The predicted octanol–water partition coefficient (Wildman–Crippen LogP) is 5.66. The minimum Gasteiger partial charge on any atom is -0.488 e. The van der Waals surface area contributed by atoms with Crippen LogP contribution in [0, 0.1) is 6.92 Å². The number of aryl methyl sites for hydroxylation is 1. The Morgan fingerprint density at radius 3 is 2.52 bits per heavy atom. The van der Waals surface area contributed by atoms with Crippen molar-refractivity contribution in [2.24, 2.45) is 0 Å². The smallest absolute Gasteiger partial charge is 0.335 e. The molecule has 0 spiro atoms. The van der Waals surface area contributed by atoms with Crippen LogP contribution in [0.3, 0.4) is 0 Å². The maximum absolute atomic E-state index is 13.2. The lowest BCUT2D eigenvalue weighted by Gasteiger charge is -2.27. The van der Waals surface area contributed by atoms with E-state index in [-0.39, 0.29) is 12.2 Å². The summed E-state index contributed by atoms with van der Waals surface area (Å²) in [5.41, 5.74) is 2.27. The van der Waals surface area contributed by atoms with E-state index in [0.717, 1.165) is 20.5 Å². The zero-order chi connectivity index (χ0) is 23.5. The van der Waals surface area contributed by atoms with Gasteiger partial charge in [-0.05, 0) is 48.9 Å². The van der Waals surface area contributed by atoms with Crippen LogP contribution >= 0.6 is 27.5 Å². The standard InChI is InChI=1S/C25H18BrClN2O4/c1-15-6-2-5-9-21(15)29-24(31)19(23(30)28-25(29)32)13-17-12-18(27)10-11-22(17)33-14-16-7-3-4-8-20(16)26/h2-13H,14H2,1H3,(H,28,30,32)/b19-13+. The molecule has 0 bridgehead atoms. The molecular weight excluding hydrogens is 508 g/mol. The molecule has 4 amide bonds. The second-order valence-corrected chi connectivity index (χ2v) is 8.60. The molecule has 0 radical (unpaired) electrons. The van der Waals surface area contributed by atoms with Crippen molar-refractivity contribution in [2.45, 2.75) is 13.5 Å². The molecule has 0 saturated carbocycles. The summed E-state index contributed by atoms with van der Waals surface area (Å²) in [6.45, 7) is 2.04. The molecule has 8 heteroatoms. The Hall–Kier alpha value is -3.42. The van der Waals surface area contributed by atoms with E-state index in [2.05, 4.69) is 21.2 Å². The predicted molar refractivity (Wildman–Crippen MR) is 130 cm³/mol. The molecule has 0 atom stereocenters. The third-order valence-electron chi connectivity index (χ3n) is 5.07. The Labute approximate surface area is 203 Å². The van der Waals surface area contributed by atoms with E-state index >= 15 is 0 Å². The number of nitrogens with one attached hydrogen (secondary N) is 1. The fourth-order valence-corrected chi connectivity index (χ4v) is 3.96. The minimum atomic E-state index is -0.798. The van der Waals surface area contributed by atoms with Crippen molar-refractivity contribution in [3.05, 3.63) is 98.5 Å². The Kier molecular flexibility index (Phi) is 6.62. The van der Waals surface area contributed by atoms with Gasteiger partial charge in [0, 0.05) is 20.6 Å². The van der Waals surface area contributed by atoms with Crippen LogP contribution in [0.1, 0.15) is 16.7 Å². The Morgan fingerprint density at radius 2 is 1.76 bits per heavy atom. The summed E-state index contributed by atoms with van der Waals surface area (Å²) in [5.74, 6) is -1.08. The van der Waals surface area contributed by atoms with Crippen LogP contribution in [-0.2, 0) is 16.2 Å². The van der Waals surface area contributed by atoms with Crippen molar-refractivity contribution < 1.29 is 19.1 Å². The van der Waals surface area contributed by atoms with Crippen LogP contribution in [0.15, 0.2) is 76.8 Å². The number of hydrogen-bond donors (Lipinski definition) is 1. The second kappa shape index (κ2) is 9.60. The SMILES string of the molecule is Cc1ccccc1N1C(=O)NC(=O)/C(=C\c2cc(Cl)ccc2OCc2ccccc2Br)C1=O. The van der Waals surface area contributed by atoms with E-state index in [1.54, 1.807) is 49.4 Å². The fraction of sp³-hybridized carbons (Fsp3) is 0.0800.